The van der Waals surface area contributed by atoms with Crippen LogP contribution in [0.2, 0.25) is 0 Å². The van der Waals surface area contributed by atoms with Gasteiger partial charge in [-0.1, -0.05) is 60.7 Å². The SMILES string of the molecule is c1ccc(COc2ccc3ccccc3c2CNC2CC2)cc1. The van der Waals surface area contributed by atoms with E-state index in [1.54, 1.807) is 0 Å². The van der Waals surface area contributed by atoms with E-state index in [0.29, 0.717) is 12.6 Å². The standard InChI is InChI=1S/C21H21NO/c1-2-6-16(7-3-1)15-23-21-13-10-17-8-4-5-9-19(17)20(21)14-22-18-11-12-18/h1-10,13,18,22H,11-12,14-15H2. The molecule has 1 aliphatic carbocycles. The Balaban J connectivity index is 1.62. The van der Waals surface area contributed by atoms with Crippen molar-refractivity contribution < 1.29 is 4.74 Å². The summed E-state index contributed by atoms with van der Waals surface area (Å²) < 4.78 is 6.14. The maximum absolute atomic E-state index is 6.14. The predicted octanol–water partition coefficient (Wildman–Crippen LogP) is 4.67. The first-order valence-electron chi connectivity index (χ1n) is 8.31. The van der Waals surface area contributed by atoms with Gasteiger partial charge in [0.25, 0.3) is 0 Å². The normalized spacial score (nSPS) is 14.1. The molecule has 0 bridgehead atoms. The molecule has 1 saturated carbocycles. The molecule has 0 radical (unpaired) electrons. The van der Waals surface area contributed by atoms with E-state index in [1.165, 1.54) is 34.7 Å². The third-order valence-electron chi connectivity index (χ3n) is 4.38. The summed E-state index contributed by atoms with van der Waals surface area (Å²) in [4.78, 5) is 0. The smallest absolute Gasteiger partial charge is 0.124 e. The molecular weight excluding hydrogens is 282 g/mol. The van der Waals surface area contributed by atoms with Crippen molar-refractivity contribution in [3.05, 3.63) is 77.9 Å². The molecule has 0 aliphatic heterocycles. The predicted molar refractivity (Wildman–Crippen MR) is 94.6 cm³/mol. The Hall–Kier alpha value is -2.32. The number of hydrogen-bond acceptors (Lipinski definition) is 2. The van der Waals surface area contributed by atoms with Crippen molar-refractivity contribution in [1.29, 1.82) is 0 Å². The molecule has 116 valence electrons. The molecule has 1 fully saturated rings. The molecule has 23 heavy (non-hydrogen) atoms. The summed E-state index contributed by atoms with van der Waals surface area (Å²) in [6.45, 7) is 1.48. The van der Waals surface area contributed by atoms with Crippen molar-refractivity contribution in [2.24, 2.45) is 0 Å². The first-order chi connectivity index (χ1) is 11.4. The fourth-order valence-electron chi connectivity index (χ4n) is 2.90. The highest BCUT2D eigenvalue weighted by atomic mass is 16.5. The molecule has 0 saturated heterocycles. The Morgan fingerprint density at radius 3 is 2.48 bits per heavy atom. The number of nitrogens with one attached hydrogen (secondary N) is 1. The van der Waals surface area contributed by atoms with Crippen LogP contribution >= 0.6 is 0 Å². The Morgan fingerprint density at radius 1 is 0.870 bits per heavy atom. The van der Waals surface area contributed by atoms with Gasteiger partial charge in [0.05, 0.1) is 0 Å². The second kappa shape index (κ2) is 6.43. The molecule has 1 aliphatic rings. The highest BCUT2D eigenvalue weighted by Crippen LogP contribution is 2.30. The first kappa shape index (κ1) is 14.3. The molecule has 1 N–H and O–H groups in total. The van der Waals surface area contributed by atoms with Gasteiger partial charge in [-0.2, -0.15) is 0 Å². The minimum absolute atomic E-state index is 0.607. The molecule has 0 amide bonds. The number of benzene rings is 3. The van der Waals surface area contributed by atoms with Crippen LogP contribution in [0, 0.1) is 0 Å². The average Bonchev–Trinajstić information content (AvgIpc) is 3.43. The zero-order valence-corrected chi connectivity index (χ0v) is 13.2. The third-order valence-corrected chi connectivity index (χ3v) is 4.38. The summed E-state index contributed by atoms with van der Waals surface area (Å²) in [5, 5.41) is 6.18. The first-order valence-corrected chi connectivity index (χ1v) is 8.31. The van der Waals surface area contributed by atoms with Gasteiger partial charge in [0, 0.05) is 18.2 Å². The monoisotopic (exact) mass is 303 g/mol. The van der Waals surface area contributed by atoms with Gasteiger partial charge in [-0.3, -0.25) is 0 Å². The van der Waals surface area contributed by atoms with Gasteiger partial charge in [0.15, 0.2) is 0 Å². The maximum Gasteiger partial charge on any atom is 0.124 e. The molecule has 3 aromatic rings. The summed E-state index contributed by atoms with van der Waals surface area (Å²) in [6.07, 6.45) is 2.59. The van der Waals surface area contributed by atoms with Crippen molar-refractivity contribution in [3.63, 3.8) is 0 Å². The Morgan fingerprint density at radius 2 is 1.65 bits per heavy atom. The fourth-order valence-corrected chi connectivity index (χ4v) is 2.90. The van der Waals surface area contributed by atoms with Gasteiger partial charge in [-0.05, 0) is 35.2 Å². The topological polar surface area (TPSA) is 21.3 Å². The molecule has 0 atom stereocenters. The number of ether oxygens (including phenoxy) is 1. The van der Waals surface area contributed by atoms with E-state index in [1.807, 2.05) is 6.07 Å². The van der Waals surface area contributed by atoms with Crippen LogP contribution in [0.3, 0.4) is 0 Å². The largest absolute Gasteiger partial charge is 0.489 e. The van der Waals surface area contributed by atoms with Crippen molar-refractivity contribution in [1.82, 2.24) is 5.32 Å². The summed E-state index contributed by atoms with van der Waals surface area (Å²) in [5.74, 6) is 0.987. The molecule has 0 spiro atoms. The lowest BCUT2D eigenvalue weighted by Gasteiger charge is -2.15. The highest BCUT2D eigenvalue weighted by molar-refractivity contribution is 5.87. The summed E-state index contributed by atoms with van der Waals surface area (Å²) in [6, 6.07) is 23.8. The molecule has 4 rings (SSSR count). The van der Waals surface area contributed by atoms with Crippen LogP contribution in [0.1, 0.15) is 24.0 Å². The minimum atomic E-state index is 0.607. The fraction of sp³-hybridized carbons (Fsp3) is 0.238. The number of fused-ring (bicyclic) bond motifs is 1. The second-order valence-corrected chi connectivity index (χ2v) is 6.19. The van der Waals surface area contributed by atoms with Crippen LogP contribution in [0.25, 0.3) is 10.8 Å². The van der Waals surface area contributed by atoms with Crippen molar-refractivity contribution >= 4 is 10.8 Å². The minimum Gasteiger partial charge on any atom is -0.489 e. The zero-order valence-electron chi connectivity index (χ0n) is 13.2. The second-order valence-electron chi connectivity index (χ2n) is 6.19. The zero-order chi connectivity index (χ0) is 15.5. The summed E-state index contributed by atoms with van der Waals surface area (Å²) >= 11 is 0. The average molecular weight is 303 g/mol. The Labute approximate surface area is 137 Å². The van der Waals surface area contributed by atoms with Crippen LogP contribution < -0.4 is 10.1 Å². The van der Waals surface area contributed by atoms with Crippen LogP contribution in [0.15, 0.2) is 66.7 Å². The molecule has 0 unspecified atom stereocenters. The molecule has 2 heteroatoms. The van der Waals surface area contributed by atoms with Gasteiger partial charge in [-0.25, -0.2) is 0 Å². The van der Waals surface area contributed by atoms with E-state index < -0.39 is 0 Å². The molecule has 0 heterocycles. The number of rotatable bonds is 6. The van der Waals surface area contributed by atoms with E-state index in [9.17, 15) is 0 Å². The highest BCUT2D eigenvalue weighted by Gasteiger charge is 2.21. The van der Waals surface area contributed by atoms with E-state index in [-0.39, 0.29) is 0 Å². The quantitative estimate of drug-likeness (QED) is 0.714. The lowest BCUT2D eigenvalue weighted by molar-refractivity contribution is 0.302. The van der Waals surface area contributed by atoms with E-state index in [0.717, 1.165) is 12.3 Å². The lowest BCUT2D eigenvalue weighted by atomic mass is 10.0. The lowest BCUT2D eigenvalue weighted by Crippen LogP contribution is -2.16. The van der Waals surface area contributed by atoms with Crippen LogP contribution in [0.5, 0.6) is 5.75 Å². The summed E-state index contributed by atoms with van der Waals surface area (Å²) in [5.41, 5.74) is 2.47. The van der Waals surface area contributed by atoms with Gasteiger partial charge < -0.3 is 10.1 Å². The van der Waals surface area contributed by atoms with Gasteiger partial charge in [0.2, 0.25) is 0 Å². The maximum atomic E-state index is 6.14. The molecule has 0 aromatic heterocycles. The van der Waals surface area contributed by atoms with E-state index in [2.05, 4.69) is 66.0 Å². The van der Waals surface area contributed by atoms with E-state index >= 15 is 0 Å². The van der Waals surface area contributed by atoms with Crippen LogP contribution in [-0.2, 0) is 13.2 Å². The Kier molecular flexibility index (Phi) is 3.99. The van der Waals surface area contributed by atoms with Crippen molar-refractivity contribution in [2.75, 3.05) is 0 Å². The van der Waals surface area contributed by atoms with Crippen LogP contribution in [0.4, 0.5) is 0 Å². The van der Waals surface area contributed by atoms with Crippen LogP contribution in [-0.4, -0.2) is 6.04 Å². The third kappa shape index (κ3) is 3.38. The van der Waals surface area contributed by atoms with Crippen molar-refractivity contribution in [3.8, 4) is 5.75 Å². The molecule has 2 nitrogen and oxygen atoms in total. The Bertz CT molecular complexity index is 793. The van der Waals surface area contributed by atoms with Gasteiger partial charge in [-0.15, -0.1) is 0 Å². The van der Waals surface area contributed by atoms with E-state index in [4.69, 9.17) is 4.74 Å². The van der Waals surface area contributed by atoms with Gasteiger partial charge >= 0.3 is 0 Å². The van der Waals surface area contributed by atoms with Crippen molar-refractivity contribution in [2.45, 2.75) is 32.0 Å². The molecular formula is C21H21NO. The summed E-state index contributed by atoms with van der Waals surface area (Å²) in [7, 11) is 0. The van der Waals surface area contributed by atoms with Gasteiger partial charge in [0.1, 0.15) is 12.4 Å². The molecule has 3 aromatic carbocycles. The number of hydrogen-bond donors (Lipinski definition) is 1.